The first kappa shape index (κ1) is 20.5. The number of aliphatic hydroxyl groups is 1. The summed E-state index contributed by atoms with van der Waals surface area (Å²) in [4.78, 5) is 15.1. The van der Waals surface area contributed by atoms with E-state index in [1.54, 1.807) is 12.5 Å². The van der Waals surface area contributed by atoms with Crippen molar-refractivity contribution in [2.45, 2.75) is 32.4 Å². The highest BCUT2D eigenvalue weighted by Crippen LogP contribution is 2.36. The van der Waals surface area contributed by atoms with Gasteiger partial charge >= 0.3 is 0 Å². The molecule has 1 saturated heterocycles. The van der Waals surface area contributed by atoms with E-state index in [1.165, 1.54) is 11.3 Å². The zero-order valence-electron chi connectivity index (χ0n) is 17.9. The summed E-state index contributed by atoms with van der Waals surface area (Å²) in [6.45, 7) is 5.59. The minimum Gasteiger partial charge on any atom is -0.391 e. The summed E-state index contributed by atoms with van der Waals surface area (Å²) in [6.07, 6.45) is 5.62. The molecular formula is C22H24N8OS. The van der Waals surface area contributed by atoms with Gasteiger partial charge in [-0.05, 0) is 38.5 Å². The topological polar surface area (TPSA) is 112 Å². The quantitative estimate of drug-likeness (QED) is 0.407. The van der Waals surface area contributed by atoms with Gasteiger partial charge in [-0.3, -0.25) is 0 Å². The maximum atomic E-state index is 9.82. The molecule has 1 aliphatic rings. The van der Waals surface area contributed by atoms with Gasteiger partial charge in [0, 0.05) is 54.4 Å². The highest BCUT2D eigenvalue weighted by atomic mass is 32.1. The van der Waals surface area contributed by atoms with Crippen LogP contribution in [0.1, 0.15) is 20.3 Å². The fraction of sp³-hybridized carbons (Fsp3) is 0.318. The summed E-state index contributed by atoms with van der Waals surface area (Å²) < 4.78 is 0. The maximum absolute atomic E-state index is 9.82. The lowest BCUT2D eigenvalue weighted by Gasteiger charge is -2.15. The molecule has 4 aromatic rings. The third-order valence-corrected chi connectivity index (χ3v) is 6.22. The number of hydrogen-bond donors (Lipinski definition) is 3. The van der Waals surface area contributed by atoms with Crippen molar-refractivity contribution in [1.29, 1.82) is 0 Å². The number of β-amino-alcohol motifs (C(OH)–C–C–N with tert-alkyl or cyclic N) is 1. The minimum atomic E-state index is -0.297. The molecule has 1 aliphatic heterocycles. The normalized spacial score (nSPS) is 16.1. The van der Waals surface area contributed by atoms with Crippen LogP contribution in [0.5, 0.6) is 0 Å². The Morgan fingerprint density at radius 1 is 1.16 bits per heavy atom. The molecule has 5 rings (SSSR count). The van der Waals surface area contributed by atoms with Crippen LogP contribution < -0.4 is 15.5 Å². The van der Waals surface area contributed by atoms with Crippen LogP contribution in [0.25, 0.3) is 21.5 Å². The van der Waals surface area contributed by atoms with Crippen LogP contribution in [-0.2, 0) is 0 Å². The van der Waals surface area contributed by atoms with Crippen molar-refractivity contribution < 1.29 is 5.11 Å². The van der Waals surface area contributed by atoms with Gasteiger partial charge in [0.25, 0.3) is 0 Å². The third-order valence-electron chi connectivity index (χ3n) is 5.20. The summed E-state index contributed by atoms with van der Waals surface area (Å²) in [5, 5.41) is 28.0. The summed E-state index contributed by atoms with van der Waals surface area (Å²) in [5.74, 6) is 0.723. The van der Waals surface area contributed by atoms with E-state index in [0.717, 1.165) is 56.8 Å². The molecule has 0 spiro atoms. The second-order valence-corrected chi connectivity index (χ2v) is 9.07. The fourth-order valence-corrected chi connectivity index (χ4v) is 4.61. The Kier molecular flexibility index (Phi) is 5.54. The van der Waals surface area contributed by atoms with E-state index in [4.69, 9.17) is 0 Å². The Morgan fingerprint density at radius 3 is 2.88 bits per heavy atom. The Balaban J connectivity index is 1.43. The number of aromatic nitrogens is 5. The number of aliphatic hydroxyl groups excluding tert-OH is 1. The number of benzene rings is 1. The van der Waals surface area contributed by atoms with Gasteiger partial charge in [0.15, 0.2) is 5.01 Å². The molecule has 4 heterocycles. The van der Waals surface area contributed by atoms with Crippen molar-refractivity contribution in [2.24, 2.45) is 0 Å². The molecular weight excluding hydrogens is 424 g/mol. The smallest absolute Gasteiger partial charge is 0.208 e. The highest BCUT2D eigenvalue weighted by molar-refractivity contribution is 7.18. The first-order chi connectivity index (χ1) is 15.5. The number of nitrogens with one attached hydrogen (secondary N) is 2. The van der Waals surface area contributed by atoms with Gasteiger partial charge in [-0.15, -0.1) is 10.2 Å². The zero-order valence-corrected chi connectivity index (χ0v) is 18.7. The molecule has 0 bridgehead atoms. The number of fused-ring (bicyclic) bond motifs is 1. The number of nitrogens with zero attached hydrogens (tertiary/aromatic N) is 6. The molecule has 3 aromatic heterocycles. The van der Waals surface area contributed by atoms with E-state index in [-0.39, 0.29) is 12.1 Å². The van der Waals surface area contributed by atoms with Crippen LogP contribution >= 0.6 is 11.3 Å². The number of pyridine rings is 1. The van der Waals surface area contributed by atoms with Gasteiger partial charge in [0.2, 0.25) is 5.13 Å². The molecule has 0 amide bonds. The van der Waals surface area contributed by atoms with E-state index in [2.05, 4.69) is 54.5 Å². The molecule has 1 aromatic carbocycles. The third kappa shape index (κ3) is 4.32. The van der Waals surface area contributed by atoms with Crippen molar-refractivity contribution in [1.82, 2.24) is 25.1 Å². The molecule has 0 aliphatic carbocycles. The van der Waals surface area contributed by atoms with E-state index >= 15 is 0 Å². The van der Waals surface area contributed by atoms with Crippen molar-refractivity contribution in [3.8, 4) is 10.6 Å². The molecule has 0 radical (unpaired) electrons. The molecule has 1 atom stereocenters. The summed E-state index contributed by atoms with van der Waals surface area (Å²) in [7, 11) is 0. The van der Waals surface area contributed by atoms with E-state index in [1.807, 2.05) is 30.5 Å². The Hall–Kier alpha value is -3.37. The molecule has 3 N–H and O–H groups in total. The van der Waals surface area contributed by atoms with Gasteiger partial charge < -0.3 is 20.6 Å². The van der Waals surface area contributed by atoms with Crippen molar-refractivity contribution in [3.05, 3.63) is 43.0 Å². The largest absolute Gasteiger partial charge is 0.391 e. The van der Waals surface area contributed by atoms with Gasteiger partial charge in [-0.2, -0.15) is 0 Å². The summed E-state index contributed by atoms with van der Waals surface area (Å²) >= 11 is 1.52. The van der Waals surface area contributed by atoms with Gasteiger partial charge in [-0.25, -0.2) is 15.0 Å². The second kappa shape index (κ2) is 8.64. The van der Waals surface area contributed by atoms with Gasteiger partial charge in [0.1, 0.15) is 12.1 Å². The van der Waals surface area contributed by atoms with Crippen molar-refractivity contribution in [2.75, 3.05) is 28.6 Å². The van der Waals surface area contributed by atoms with Crippen LogP contribution in [0.4, 0.5) is 22.3 Å². The summed E-state index contributed by atoms with van der Waals surface area (Å²) in [6, 6.07) is 8.16. The molecule has 32 heavy (non-hydrogen) atoms. The number of rotatable bonds is 6. The van der Waals surface area contributed by atoms with Gasteiger partial charge in [0.05, 0.1) is 17.2 Å². The molecule has 0 saturated carbocycles. The van der Waals surface area contributed by atoms with Crippen molar-refractivity contribution in [3.63, 3.8) is 0 Å². The molecule has 1 fully saturated rings. The average Bonchev–Trinajstić information content (AvgIpc) is 3.43. The van der Waals surface area contributed by atoms with Crippen LogP contribution in [-0.4, -0.2) is 55.5 Å². The first-order valence-corrected chi connectivity index (χ1v) is 11.4. The molecule has 9 nitrogen and oxygen atoms in total. The molecule has 0 unspecified atom stereocenters. The summed E-state index contributed by atoms with van der Waals surface area (Å²) in [5.41, 5.74) is 3.65. The van der Waals surface area contributed by atoms with Crippen molar-refractivity contribution >= 4 is 44.6 Å². The standard InChI is InChI=1S/C22H24N8OS/c1-13(2)26-19-8-20(27-15-3-4-18-14(7-15)9-23-12-25-18)24-10-17(19)21-28-29-22(32-21)30-6-5-16(31)11-30/h3-4,7-10,12-13,16,31H,5-6,11H2,1-2H3,(H2,24,26,27)/t16-/m1/s1. The first-order valence-electron chi connectivity index (χ1n) is 10.6. The van der Waals surface area contributed by atoms with Crippen LogP contribution in [0.3, 0.4) is 0 Å². The number of hydrogen-bond acceptors (Lipinski definition) is 10. The van der Waals surface area contributed by atoms with E-state index in [9.17, 15) is 5.11 Å². The predicted molar refractivity (Wildman–Crippen MR) is 128 cm³/mol. The lowest BCUT2D eigenvalue weighted by atomic mass is 10.2. The van der Waals surface area contributed by atoms with Gasteiger partial charge in [-0.1, -0.05) is 11.3 Å². The Labute approximate surface area is 189 Å². The molecule has 10 heteroatoms. The zero-order chi connectivity index (χ0) is 22.1. The van der Waals surface area contributed by atoms with Crippen LogP contribution in [0.15, 0.2) is 43.0 Å². The second-order valence-electron chi connectivity index (χ2n) is 8.11. The number of anilines is 4. The average molecular weight is 449 g/mol. The fourth-order valence-electron chi connectivity index (χ4n) is 3.70. The SMILES string of the molecule is CC(C)Nc1cc(Nc2ccc3ncncc3c2)ncc1-c1nnc(N2CC[C@@H](O)C2)s1. The van der Waals surface area contributed by atoms with E-state index < -0.39 is 0 Å². The lowest BCUT2D eigenvalue weighted by Crippen LogP contribution is -2.20. The lowest BCUT2D eigenvalue weighted by molar-refractivity contribution is 0.198. The Morgan fingerprint density at radius 2 is 2.06 bits per heavy atom. The Bertz CT molecular complexity index is 1240. The van der Waals surface area contributed by atoms with Crippen LogP contribution in [0.2, 0.25) is 0 Å². The highest BCUT2D eigenvalue weighted by Gasteiger charge is 2.24. The predicted octanol–water partition coefficient (Wildman–Crippen LogP) is 3.68. The minimum absolute atomic E-state index is 0.239. The molecule has 164 valence electrons. The monoisotopic (exact) mass is 448 g/mol. The van der Waals surface area contributed by atoms with Crippen LogP contribution in [0, 0.1) is 0 Å². The maximum Gasteiger partial charge on any atom is 0.208 e. The van der Waals surface area contributed by atoms with E-state index in [0.29, 0.717) is 6.54 Å².